The van der Waals surface area contributed by atoms with E-state index in [0.29, 0.717) is 12.1 Å². The normalized spacial score (nSPS) is 18.0. The van der Waals surface area contributed by atoms with E-state index in [1.165, 1.54) is 30.5 Å². The first-order valence-corrected chi connectivity index (χ1v) is 11.6. The van der Waals surface area contributed by atoms with Gasteiger partial charge in [-0.2, -0.15) is 0 Å². The highest BCUT2D eigenvalue weighted by atomic mass is 32.2. The number of amides is 1. The number of carbonyl (C=O) groups is 1. The van der Waals surface area contributed by atoms with Gasteiger partial charge < -0.3 is 5.32 Å². The summed E-state index contributed by atoms with van der Waals surface area (Å²) in [6.07, 6.45) is 3.73. The highest BCUT2D eigenvalue weighted by molar-refractivity contribution is 7.90. The van der Waals surface area contributed by atoms with Crippen molar-refractivity contribution in [1.29, 1.82) is 0 Å². The Morgan fingerprint density at radius 2 is 1.86 bits per heavy atom. The van der Waals surface area contributed by atoms with Crippen LogP contribution in [0.5, 0.6) is 0 Å². The molecule has 2 aromatic carbocycles. The summed E-state index contributed by atoms with van der Waals surface area (Å²) in [5, 5.41) is 2.86. The first-order valence-electron chi connectivity index (χ1n) is 9.70. The van der Waals surface area contributed by atoms with Crippen LogP contribution in [0.2, 0.25) is 0 Å². The van der Waals surface area contributed by atoms with Gasteiger partial charge in [-0.25, -0.2) is 8.42 Å². The standard InChI is InChI=1S/C22H28N2O3S/c1-17-5-4-12-24(15-17)16-19-10-8-18(9-11-19)14-23-22(25)20-6-3-7-21(13-20)28(2,26)27/h3,6-11,13,17H,4-5,12,14-16H2,1-2H3,(H,23,25). The lowest BCUT2D eigenvalue weighted by Crippen LogP contribution is -2.33. The zero-order chi connectivity index (χ0) is 20.1. The smallest absolute Gasteiger partial charge is 0.251 e. The van der Waals surface area contributed by atoms with E-state index in [2.05, 4.69) is 29.3 Å². The summed E-state index contributed by atoms with van der Waals surface area (Å²) in [6.45, 7) is 6.00. The van der Waals surface area contributed by atoms with Crippen molar-refractivity contribution < 1.29 is 13.2 Å². The van der Waals surface area contributed by atoms with Crippen LogP contribution in [0.4, 0.5) is 0 Å². The number of nitrogens with one attached hydrogen (secondary N) is 1. The number of rotatable bonds is 6. The summed E-state index contributed by atoms with van der Waals surface area (Å²) in [7, 11) is -3.33. The maximum Gasteiger partial charge on any atom is 0.251 e. The molecular formula is C22H28N2O3S. The Labute approximate surface area is 167 Å². The van der Waals surface area contributed by atoms with Crippen molar-refractivity contribution >= 4 is 15.7 Å². The Morgan fingerprint density at radius 3 is 2.54 bits per heavy atom. The minimum absolute atomic E-state index is 0.150. The fourth-order valence-corrected chi connectivity index (χ4v) is 4.27. The van der Waals surface area contributed by atoms with E-state index in [1.54, 1.807) is 12.1 Å². The summed E-state index contributed by atoms with van der Waals surface area (Å²) >= 11 is 0. The molecule has 0 aliphatic carbocycles. The highest BCUT2D eigenvalue weighted by Gasteiger charge is 2.16. The van der Waals surface area contributed by atoms with Crippen LogP contribution in [-0.4, -0.2) is 38.6 Å². The number of hydrogen-bond donors (Lipinski definition) is 1. The van der Waals surface area contributed by atoms with Gasteiger partial charge in [-0.3, -0.25) is 9.69 Å². The maximum atomic E-state index is 12.3. The number of piperidine rings is 1. The van der Waals surface area contributed by atoms with E-state index in [9.17, 15) is 13.2 Å². The Morgan fingerprint density at radius 1 is 1.14 bits per heavy atom. The molecule has 0 aromatic heterocycles. The zero-order valence-electron chi connectivity index (χ0n) is 16.5. The fraction of sp³-hybridized carbons (Fsp3) is 0.409. The van der Waals surface area contributed by atoms with Gasteiger partial charge >= 0.3 is 0 Å². The molecule has 1 atom stereocenters. The summed E-state index contributed by atoms with van der Waals surface area (Å²) in [5.74, 6) is 0.487. The Kier molecular flexibility index (Phi) is 6.52. The first kappa shape index (κ1) is 20.6. The molecule has 1 aliphatic heterocycles. The molecule has 1 amide bonds. The molecule has 150 valence electrons. The van der Waals surface area contributed by atoms with E-state index >= 15 is 0 Å². The zero-order valence-corrected chi connectivity index (χ0v) is 17.3. The molecule has 28 heavy (non-hydrogen) atoms. The third-order valence-electron chi connectivity index (χ3n) is 5.15. The van der Waals surface area contributed by atoms with Crippen molar-refractivity contribution in [2.45, 2.75) is 37.8 Å². The lowest BCUT2D eigenvalue weighted by molar-refractivity contribution is 0.0950. The number of hydrogen-bond acceptors (Lipinski definition) is 4. The number of nitrogens with zero attached hydrogens (tertiary/aromatic N) is 1. The Hall–Kier alpha value is -2.18. The van der Waals surface area contributed by atoms with E-state index in [0.717, 1.165) is 37.4 Å². The van der Waals surface area contributed by atoms with Crippen LogP contribution >= 0.6 is 0 Å². The molecule has 5 nitrogen and oxygen atoms in total. The summed E-state index contributed by atoms with van der Waals surface area (Å²) in [4.78, 5) is 15.0. The molecule has 1 saturated heterocycles. The minimum atomic E-state index is -3.33. The summed E-state index contributed by atoms with van der Waals surface area (Å²) in [5.41, 5.74) is 2.65. The van der Waals surface area contributed by atoms with Gasteiger partial charge in [-0.15, -0.1) is 0 Å². The molecule has 1 N–H and O–H groups in total. The highest BCUT2D eigenvalue weighted by Crippen LogP contribution is 2.18. The predicted octanol–water partition coefficient (Wildman–Crippen LogP) is 3.25. The van der Waals surface area contributed by atoms with Crippen LogP contribution in [0.15, 0.2) is 53.4 Å². The Balaban J connectivity index is 1.55. The monoisotopic (exact) mass is 400 g/mol. The number of sulfone groups is 1. The van der Waals surface area contributed by atoms with Crippen LogP contribution in [0, 0.1) is 5.92 Å². The van der Waals surface area contributed by atoms with Crippen molar-refractivity contribution in [3.63, 3.8) is 0 Å². The first-order chi connectivity index (χ1) is 13.3. The second-order valence-electron chi connectivity index (χ2n) is 7.78. The topological polar surface area (TPSA) is 66.5 Å². The van der Waals surface area contributed by atoms with Crippen molar-refractivity contribution in [1.82, 2.24) is 10.2 Å². The quantitative estimate of drug-likeness (QED) is 0.808. The average molecular weight is 401 g/mol. The van der Waals surface area contributed by atoms with Crippen LogP contribution < -0.4 is 5.32 Å². The van der Waals surface area contributed by atoms with Crippen LogP contribution in [0.1, 0.15) is 41.3 Å². The Bertz CT molecular complexity index is 923. The van der Waals surface area contributed by atoms with Gasteiger partial charge in [0.2, 0.25) is 0 Å². The van der Waals surface area contributed by atoms with Gasteiger partial charge in [0.15, 0.2) is 9.84 Å². The molecule has 0 bridgehead atoms. The number of benzene rings is 2. The number of likely N-dealkylation sites (tertiary alicyclic amines) is 1. The van der Waals surface area contributed by atoms with Gasteiger partial charge in [-0.05, 0) is 54.6 Å². The van der Waals surface area contributed by atoms with Crippen LogP contribution in [-0.2, 0) is 22.9 Å². The lowest BCUT2D eigenvalue weighted by Gasteiger charge is -2.30. The lowest BCUT2D eigenvalue weighted by atomic mass is 9.99. The van der Waals surface area contributed by atoms with Gasteiger partial charge in [0.05, 0.1) is 4.90 Å². The predicted molar refractivity (Wildman–Crippen MR) is 111 cm³/mol. The van der Waals surface area contributed by atoms with E-state index in [-0.39, 0.29) is 10.8 Å². The third kappa shape index (κ3) is 5.66. The van der Waals surface area contributed by atoms with E-state index < -0.39 is 9.84 Å². The largest absolute Gasteiger partial charge is 0.348 e. The van der Waals surface area contributed by atoms with Crippen LogP contribution in [0.3, 0.4) is 0 Å². The van der Waals surface area contributed by atoms with E-state index in [1.807, 2.05) is 12.1 Å². The molecule has 0 spiro atoms. The summed E-state index contributed by atoms with van der Waals surface area (Å²) in [6, 6.07) is 14.4. The molecule has 1 unspecified atom stereocenters. The molecule has 2 aromatic rings. The molecule has 0 saturated carbocycles. The summed E-state index contributed by atoms with van der Waals surface area (Å²) < 4.78 is 23.3. The van der Waals surface area contributed by atoms with Gasteiger partial charge in [0.25, 0.3) is 5.91 Å². The second-order valence-corrected chi connectivity index (χ2v) is 9.80. The second kappa shape index (κ2) is 8.88. The molecule has 1 heterocycles. The minimum Gasteiger partial charge on any atom is -0.348 e. The molecule has 6 heteroatoms. The van der Waals surface area contributed by atoms with Crippen molar-refractivity contribution in [3.05, 3.63) is 65.2 Å². The average Bonchev–Trinajstić information content (AvgIpc) is 2.67. The molecule has 1 fully saturated rings. The third-order valence-corrected chi connectivity index (χ3v) is 6.26. The molecule has 0 radical (unpaired) electrons. The molecule has 1 aliphatic rings. The van der Waals surface area contributed by atoms with Crippen LogP contribution in [0.25, 0.3) is 0 Å². The van der Waals surface area contributed by atoms with E-state index in [4.69, 9.17) is 0 Å². The van der Waals surface area contributed by atoms with Crippen molar-refractivity contribution in [2.24, 2.45) is 5.92 Å². The SMILES string of the molecule is CC1CCCN(Cc2ccc(CNC(=O)c3cccc(S(C)(=O)=O)c3)cc2)C1. The van der Waals surface area contributed by atoms with Crippen molar-refractivity contribution in [3.8, 4) is 0 Å². The van der Waals surface area contributed by atoms with Gasteiger partial charge in [-0.1, -0.05) is 37.3 Å². The number of carbonyl (C=O) groups excluding carboxylic acids is 1. The van der Waals surface area contributed by atoms with Crippen molar-refractivity contribution in [2.75, 3.05) is 19.3 Å². The fourth-order valence-electron chi connectivity index (χ4n) is 3.60. The molecule has 3 rings (SSSR count). The maximum absolute atomic E-state index is 12.3. The van der Waals surface area contributed by atoms with Gasteiger partial charge in [0, 0.05) is 31.5 Å². The molecular weight excluding hydrogens is 372 g/mol. The van der Waals surface area contributed by atoms with Gasteiger partial charge in [0.1, 0.15) is 0 Å².